The number of ether oxygens (including phenoxy) is 2. The van der Waals surface area contributed by atoms with Crippen LogP contribution in [0.25, 0.3) is 0 Å². The molecule has 1 unspecified atom stereocenters. The van der Waals surface area contributed by atoms with Crippen molar-refractivity contribution in [1.82, 2.24) is 0 Å². The molecule has 3 nitrogen and oxygen atoms in total. The van der Waals surface area contributed by atoms with Gasteiger partial charge in [0.15, 0.2) is 11.6 Å². The molecule has 0 saturated carbocycles. The summed E-state index contributed by atoms with van der Waals surface area (Å²) in [6.07, 6.45) is -0.690. The second-order valence-corrected chi connectivity index (χ2v) is 4.90. The largest absolute Gasteiger partial charge is 0.496 e. The monoisotopic (exact) mass is 290 g/mol. The molecule has 1 N–H and O–H groups in total. The first-order chi connectivity index (χ1) is 10.1. The quantitative estimate of drug-likeness (QED) is 0.917. The van der Waals surface area contributed by atoms with Crippen LogP contribution in [0.15, 0.2) is 36.4 Å². The third kappa shape index (κ3) is 3.34. The third-order valence-corrected chi connectivity index (χ3v) is 3.42. The Morgan fingerprint density at radius 3 is 2.48 bits per heavy atom. The molecule has 0 bridgehead atoms. The average molecular weight is 290 g/mol. The molecular weight excluding hydrogens is 271 g/mol. The molecule has 0 heterocycles. The smallest absolute Gasteiger partial charge is 0.168 e. The van der Waals surface area contributed by atoms with E-state index in [1.54, 1.807) is 31.4 Å². The fourth-order valence-electron chi connectivity index (χ4n) is 2.28. The number of hydrogen-bond donors (Lipinski definition) is 1. The van der Waals surface area contributed by atoms with Gasteiger partial charge in [0.25, 0.3) is 0 Å². The molecule has 0 radical (unpaired) electrons. The molecule has 21 heavy (non-hydrogen) atoms. The van der Waals surface area contributed by atoms with Crippen molar-refractivity contribution in [3.05, 3.63) is 58.9 Å². The summed E-state index contributed by atoms with van der Waals surface area (Å²) < 4.78 is 24.4. The van der Waals surface area contributed by atoms with Crippen molar-refractivity contribution in [1.29, 1.82) is 0 Å². The maximum absolute atomic E-state index is 14.1. The van der Waals surface area contributed by atoms with Gasteiger partial charge in [0, 0.05) is 12.0 Å². The second-order valence-electron chi connectivity index (χ2n) is 4.90. The van der Waals surface area contributed by atoms with E-state index in [1.807, 2.05) is 19.1 Å². The van der Waals surface area contributed by atoms with E-state index in [2.05, 4.69) is 0 Å². The van der Waals surface area contributed by atoms with Crippen LogP contribution in [-0.4, -0.2) is 19.3 Å². The zero-order valence-corrected chi connectivity index (χ0v) is 12.4. The Morgan fingerprint density at radius 2 is 1.81 bits per heavy atom. The van der Waals surface area contributed by atoms with E-state index < -0.39 is 11.9 Å². The molecular formula is C17H19FO3. The van der Waals surface area contributed by atoms with Gasteiger partial charge >= 0.3 is 0 Å². The van der Waals surface area contributed by atoms with Crippen molar-refractivity contribution in [2.24, 2.45) is 0 Å². The van der Waals surface area contributed by atoms with Gasteiger partial charge in [-0.25, -0.2) is 4.39 Å². The minimum Gasteiger partial charge on any atom is -0.496 e. The van der Waals surface area contributed by atoms with Gasteiger partial charge in [-0.2, -0.15) is 0 Å². The first kappa shape index (κ1) is 15.3. The molecule has 112 valence electrons. The maximum Gasteiger partial charge on any atom is 0.168 e. The summed E-state index contributed by atoms with van der Waals surface area (Å²) in [7, 11) is 2.97. The Morgan fingerprint density at radius 1 is 1.10 bits per heavy atom. The molecule has 0 aromatic heterocycles. The molecule has 2 rings (SSSR count). The Balaban J connectivity index is 2.28. The molecule has 0 saturated heterocycles. The molecule has 0 aliphatic rings. The zero-order valence-electron chi connectivity index (χ0n) is 12.4. The highest BCUT2D eigenvalue weighted by atomic mass is 19.1. The Bertz CT molecular complexity index is 625. The summed E-state index contributed by atoms with van der Waals surface area (Å²) in [5.41, 5.74) is 2.09. The lowest BCUT2D eigenvalue weighted by atomic mass is 9.99. The normalized spacial score (nSPS) is 12.0. The van der Waals surface area contributed by atoms with Gasteiger partial charge < -0.3 is 14.6 Å². The molecule has 2 aromatic rings. The van der Waals surface area contributed by atoms with E-state index in [-0.39, 0.29) is 12.2 Å². The van der Waals surface area contributed by atoms with Crippen molar-refractivity contribution >= 4 is 0 Å². The predicted octanol–water partition coefficient (Wildman–Crippen LogP) is 3.43. The van der Waals surface area contributed by atoms with Crippen LogP contribution in [0.4, 0.5) is 4.39 Å². The van der Waals surface area contributed by atoms with Crippen LogP contribution in [0, 0.1) is 12.7 Å². The van der Waals surface area contributed by atoms with Crippen LogP contribution in [0.1, 0.15) is 22.8 Å². The Hall–Kier alpha value is -2.07. The van der Waals surface area contributed by atoms with Gasteiger partial charge in [-0.05, 0) is 30.2 Å². The van der Waals surface area contributed by atoms with Gasteiger partial charge in [-0.15, -0.1) is 0 Å². The lowest BCUT2D eigenvalue weighted by molar-refractivity contribution is 0.172. The van der Waals surface area contributed by atoms with E-state index >= 15 is 0 Å². The van der Waals surface area contributed by atoms with Crippen LogP contribution in [0.5, 0.6) is 11.5 Å². The average Bonchev–Trinajstić information content (AvgIpc) is 2.49. The summed E-state index contributed by atoms with van der Waals surface area (Å²) in [6, 6.07) is 10.4. The molecule has 0 spiro atoms. The summed E-state index contributed by atoms with van der Waals surface area (Å²) >= 11 is 0. The number of benzene rings is 2. The number of hydrogen-bond acceptors (Lipinski definition) is 3. The molecule has 0 aliphatic heterocycles. The second kappa shape index (κ2) is 6.59. The van der Waals surface area contributed by atoms with Crippen molar-refractivity contribution in [2.45, 2.75) is 19.4 Å². The van der Waals surface area contributed by atoms with Crippen LogP contribution in [0.3, 0.4) is 0 Å². The zero-order chi connectivity index (χ0) is 15.4. The first-order valence-electron chi connectivity index (χ1n) is 6.70. The number of methoxy groups -OCH3 is 2. The Kier molecular flexibility index (Phi) is 4.81. The number of rotatable bonds is 5. The van der Waals surface area contributed by atoms with Crippen LogP contribution < -0.4 is 9.47 Å². The van der Waals surface area contributed by atoms with Crippen LogP contribution in [-0.2, 0) is 6.42 Å². The van der Waals surface area contributed by atoms with Crippen LogP contribution >= 0.6 is 0 Å². The minimum absolute atomic E-state index is 0.155. The molecule has 4 heteroatoms. The summed E-state index contributed by atoms with van der Waals surface area (Å²) in [5, 5.41) is 10.4. The highest BCUT2D eigenvalue weighted by Crippen LogP contribution is 2.30. The van der Waals surface area contributed by atoms with Gasteiger partial charge in [-0.3, -0.25) is 0 Å². The molecule has 0 amide bonds. The minimum atomic E-state index is -0.845. The van der Waals surface area contributed by atoms with Gasteiger partial charge in [-0.1, -0.05) is 24.3 Å². The fraction of sp³-hybridized carbons (Fsp3) is 0.294. The summed E-state index contributed by atoms with van der Waals surface area (Å²) in [6.45, 7) is 1.94. The SMILES string of the molecule is COc1cc(C)ccc1C(O)Cc1cccc(OC)c1F. The van der Waals surface area contributed by atoms with Crippen molar-refractivity contribution in [3.63, 3.8) is 0 Å². The molecule has 1 atom stereocenters. The van der Waals surface area contributed by atoms with Gasteiger partial charge in [0.1, 0.15) is 5.75 Å². The lowest BCUT2D eigenvalue weighted by Crippen LogP contribution is -2.06. The first-order valence-corrected chi connectivity index (χ1v) is 6.70. The number of aryl methyl sites for hydroxylation is 1. The van der Waals surface area contributed by atoms with Crippen molar-refractivity contribution in [3.8, 4) is 11.5 Å². The van der Waals surface area contributed by atoms with Gasteiger partial charge in [0.2, 0.25) is 0 Å². The number of aliphatic hydroxyl groups is 1. The van der Waals surface area contributed by atoms with E-state index in [9.17, 15) is 9.50 Å². The fourth-order valence-corrected chi connectivity index (χ4v) is 2.28. The van der Waals surface area contributed by atoms with Crippen molar-refractivity contribution < 1.29 is 19.0 Å². The number of aliphatic hydroxyl groups excluding tert-OH is 1. The summed E-state index contributed by atoms with van der Waals surface area (Å²) in [4.78, 5) is 0. The van der Waals surface area contributed by atoms with E-state index in [0.29, 0.717) is 16.9 Å². The van der Waals surface area contributed by atoms with E-state index in [1.165, 1.54) is 7.11 Å². The van der Waals surface area contributed by atoms with Crippen molar-refractivity contribution in [2.75, 3.05) is 14.2 Å². The highest BCUT2D eigenvalue weighted by molar-refractivity contribution is 5.40. The molecule has 0 fully saturated rings. The number of halogens is 1. The summed E-state index contributed by atoms with van der Waals surface area (Å²) in [5.74, 6) is 0.339. The van der Waals surface area contributed by atoms with E-state index in [0.717, 1.165) is 5.56 Å². The van der Waals surface area contributed by atoms with Gasteiger partial charge in [0.05, 0.1) is 20.3 Å². The third-order valence-electron chi connectivity index (χ3n) is 3.42. The molecule has 0 aliphatic carbocycles. The highest BCUT2D eigenvalue weighted by Gasteiger charge is 2.17. The Labute approximate surface area is 124 Å². The topological polar surface area (TPSA) is 38.7 Å². The van der Waals surface area contributed by atoms with E-state index in [4.69, 9.17) is 9.47 Å². The standard InChI is InChI=1S/C17H19FO3/c1-11-7-8-13(16(9-11)21-3)14(19)10-12-5-4-6-15(20-2)17(12)18/h4-9,14,19H,10H2,1-3H3. The predicted molar refractivity (Wildman–Crippen MR) is 79.3 cm³/mol. The maximum atomic E-state index is 14.1. The van der Waals surface area contributed by atoms with Crippen LogP contribution in [0.2, 0.25) is 0 Å². The molecule has 2 aromatic carbocycles. The lowest BCUT2D eigenvalue weighted by Gasteiger charge is -2.16.